The van der Waals surface area contributed by atoms with E-state index in [2.05, 4.69) is 34.1 Å². The Kier molecular flexibility index (Phi) is 6.21. The summed E-state index contributed by atoms with van der Waals surface area (Å²) in [5, 5.41) is 9.36. The first kappa shape index (κ1) is 16.9. The van der Waals surface area contributed by atoms with Crippen LogP contribution in [0.4, 0.5) is 0 Å². The van der Waals surface area contributed by atoms with Gasteiger partial charge in [0.1, 0.15) is 5.75 Å². The van der Waals surface area contributed by atoms with Gasteiger partial charge < -0.3 is 9.84 Å². The van der Waals surface area contributed by atoms with Crippen LogP contribution in [0.25, 0.3) is 0 Å². The molecular weight excluding hydrogens is 300 g/mol. The zero-order chi connectivity index (χ0) is 16.6. The SMILES string of the molecule is OCCN(Cc1cccnc1)Cc1cccc(OC2CCCC2)c1. The monoisotopic (exact) mass is 326 g/mol. The van der Waals surface area contributed by atoms with Gasteiger partial charge in [0.25, 0.3) is 0 Å². The van der Waals surface area contributed by atoms with Crippen LogP contribution in [0.2, 0.25) is 0 Å². The smallest absolute Gasteiger partial charge is 0.120 e. The molecule has 0 amide bonds. The summed E-state index contributed by atoms with van der Waals surface area (Å²) in [5.74, 6) is 0.963. The minimum Gasteiger partial charge on any atom is -0.490 e. The molecule has 0 radical (unpaired) electrons. The molecule has 1 aliphatic carbocycles. The lowest BCUT2D eigenvalue weighted by Crippen LogP contribution is -2.26. The van der Waals surface area contributed by atoms with Crippen LogP contribution in [-0.4, -0.2) is 34.2 Å². The van der Waals surface area contributed by atoms with Crippen molar-refractivity contribution in [3.63, 3.8) is 0 Å². The standard InChI is InChI=1S/C20H26N2O2/c23-12-11-22(16-18-6-4-10-21-14-18)15-17-5-3-9-20(13-17)24-19-7-1-2-8-19/h3-6,9-10,13-14,19,23H,1-2,7-8,11-12,15-16H2. The van der Waals surface area contributed by atoms with Crippen molar-refractivity contribution in [2.24, 2.45) is 0 Å². The Bertz CT molecular complexity index is 612. The largest absolute Gasteiger partial charge is 0.490 e. The first-order valence-corrected chi connectivity index (χ1v) is 8.81. The number of aliphatic hydroxyl groups is 1. The van der Waals surface area contributed by atoms with Crippen molar-refractivity contribution in [2.45, 2.75) is 44.9 Å². The Morgan fingerprint density at radius 3 is 2.62 bits per heavy atom. The number of benzene rings is 1. The normalized spacial score (nSPS) is 15.1. The molecule has 24 heavy (non-hydrogen) atoms. The van der Waals surface area contributed by atoms with Crippen molar-refractivity contribution in [2.75, 3.05) is 13.2 Å². The Hall–Kier alpha value is -1.91. The van der Waals surface area contributed by atoms with Gasteiger partial charge >= 0.3 is 0 Å². The first-order valence-electron chi connectivity index (χ1n) is 8.81. The number of aliphatic hydroxyl groups excluding tert-OH is 1. The number of pyridine rings is 1. The molecule has 1 aromatic carbocycles. The van der Waals surface area contributed by atoms with E-state index in [1.54, 1.807) is 6.20 Å². The van der Waals surface area contributed by atoms with E-state index in [4.69, 9.17) is 4.74 Å². The van der Waals surface area contributed by atoms with E-state index >= 15 is 0 Å². The van der Waals surface area contributed by atoms with Gasteiger partial charge in [0.15, 0.2) is 0 Å². The second kappa shape index (κ2) is 8.81. The van der Waals surface area contributed by atoms with Gasteiger partial charge in [-0.2, -0.15) is 0 Å². The van der Waals surface area contributed by atoms with E-state index in [-0.39, 0.29) is 6.61 Å². The summed E-state index contributed by atoms with van der Waals surface area (Å²) >= 11 is 0. The average molecular weight is 326 g/mol. The molecule has 0 aliphatic heterocycles. The number of ether oxygens (including phenoxy) is 1. The molecule has 0 saturated heterocycles. The zero-order valence-corrected chi connectivity index (χ0v) is 14.1. The van der Waals surface area contributed by atoms with Gasteiger partial charge in [-0.1, -0.05) is 18.2 Å². The summed E-state index contributed by atoms with van der Waals surface area (Å²) in [4.78, 5) is 6.40. The maximum absolute atomic E-state index is 9.36. The maximum Gasteiger partial charge on any atom is 0.120 e. The van der Waals surface area contributed by atoms with Crippen LogP contribution in [0.1, 0.15) is 36.8 Å². The molecule has 0 spiro atoms. The predicted octanol–water partition coefficient (Wildman–Crippen LogP) is 3.40. The lowest BCUT2D eigenvalue weighted by atomic mass is 10.1. The fourth-order valence-electron chi connectivity index (χ4n) is 3.28. The lowest BCUT2D eigenvalue weighted by Gasteiger charge is -2.22. The van der Waals surface area contributed by atoms with Crippen LogP contribution in [0.15, 0.2) is 48.8 Å². The highest BCUT2D eigenvalue weighted by Gasteiger charge is 2.16. The van der Waals surface area contributed by atoms with E-state index in [1.807, 2.05) is 18.3 Å². The molecule has 128 valence electrons. The van der Waals surface area contributed by atoms with Crippen LogP contribution in [-0.2, 0) is 13.1 Å². The van der Waals surface area contributed by atoms with Gasteiger partial charge in [-0.05, 0) is 55.0 Å². The second-order valence-corrected chi connectivity index (χ2v) is 6.47. The minimum atomic E-state index is 0.151. The van der Waals surface area contributed by atoms with Gasteiger partial charge in [0.2, 0.25) is 0 Å². The predicted molar refractivity (Wildman–Crippen MR) is 94.8 cm³/mol. The Morgan fingerprint density at radius 1 is 1.08 bits per heavy atom. The fraction of sp³-hybridized carbons (Fsp3) is 0.450. The summed E-state index contributed by atoms with van der Waals surface area (Å²) in [6, 6.07) is 12.4. The van der Waals surface area contributed by atoms with Gasteiger partial charge in [-0.15, -0.1) is 0 Å². The number of nitrogens with zero attached hydrogens (tertiary/aromatic N) is 2. The van der Waals surface area contributed by atoms with E-state index in [9.17, 15) is 5.11 Å². The van der Waals surface area contributed by atoms with Crippen molar-refractivity contribution in [3.8, 4) is 5.75 Å². The van der Waals surface area contributed by atoms with Crippen LogP contribution in [0.3, 0.4) is 0 Å². The first-order chi connectivity index (χ1) is 11.8. The highest BCUT2D eigenvalue weighted by Crippen LogP contribution is 2.25. The topological polar surface area (TPSA) is 45.6 Å². The number of rotatable bonds is 8. The van der Waals surface area contributed by atoms with Gasteiger partial charge in [0, 0.05) is 32.0 Å². The molecule has 1 aromatic heterocycles. The average Bonchev–Trinajstić information content (AvgIpc) is 3.09. The molecule has 0 atom stereocenters. The number of aromatic nitrogens is 1. The lowest BCUT2D eigenvalue weighted by molar-refractivity contribution is 0.183. The molecule has 1 aliphatic rings. The number of hydrogen-bond donors (Lipinski definition) is 1. The summed E-state index contributed by atoms with van der Waals surface area (Å²) in [7, 11) is 0. The van der Waals surface area contributed by atoms with Crippen molar-refractivity contribution in [1.82, 2.24) is 9.88 Å². The summed E-state index contributed by atoms with van der Waals surface area (Å²) in [6.45, 7) is 2.36. The minimum absolute atomic E-state index is 0.151. The van der Waals surface area contributed by atoms with E-state index < -0.39 is 0 Å². The molecule has 4 heteroatoms. The molecule has 3 rings (SSSR count). The maximum atomic E-state index is 9.36. The molecule has 1 saturated carbocycles. The van der Waals surface area contributed by atoms with Crippen molar-refractivity contribution in [1.29, 1.82) is 0 Å². The molecule has 1 heterocycles. The summed E-state index contributed by atoms with van der Waals surface area (Å²) in [5.41, 5.74) is 2.37. The van der Waals surface area contributed by atoms with E-state index in [0.29, 0.717) is 12.6 Å². The third kappa shape index (κ3) is 5.05. The van der Waals surface area contributed by atoms with Gasteiger partial charge in [-0.25, -0.2) is 0 Å². The second-order valence-electron chi connectivity index (χ2n) is 6.47. The number of hydrogen-bond acceptors (Lipinski definition) is 4. The molecule has 0 unspecified atom stereocenters. The third-order valence-electron chi connectivity index (χ3n) is 4.45. The Morgan fingerprint density at radius 2 is 1.88 bits per heavy atom. The molecule has 1 N–H and O–H groups in total. The molecule has 0 bridgehead atoms. The van der Waals surface area contributed by atoms with Gasteiger partial charge in [-0.3, -0.25) is 9.88 Å². The van der Waals surface area contributed by atoms with Crippen LogP contribution < -0.4 is 4.74 Å². The van der Waals surface area contributed by atoms with Crippen LogP contribution in [0, 0.1) is 0 Å². The van der Waals surface area contributed by atoms with Crippen molar-refractivity contribution < 1.29 is 9.84 Å². The third-order valence-corrected chi connectivity index (χ3v) is 4.45. The quantitative estimate of drug-likeness (QED) is 0.807. The summed E-state index contributed by atoms with van der Waals surface area (Å²) < 4.78 is 6.10. The summed E-state index contributed by atoms with van der Waals surface area (Å²) in [6.07, 6.45) is 8.93. The molecular formula is C20H26N2O2. The van der Waals surface area contributed by atoms with Crippen molar-refractivity contribution >= 4 is 0 Å². The highest BCUT2D eigenvalue weighted by atomic mass is 16.5. The Labute approximate surface area is 144 Å². The van der Waals surface area contributed by atoms with Gasteiger partial charge in [0.05, 0.1) is 12.7 Å². The molecule has 2 aromatic rings. The van der Waals surface area contributed by atoms with Crippen molar-refractivity contribution in [3.05, 3.63) is 59.9 Å². The van der Waals surface area contributed by atoms with E-state index in [1.165, 1.54) is 31.2 Å². The zero-order valence-electron chi connectivity index (χ0n) is 14.1. The Balaban J connectivity index is 1.63. The molecule has 1 fully saturated rings. The van der Waals surface area contributed by atoms with E-state index in [0.717, 1.165) is 24.4 Å². The fourth-order valence-corrected chi connectivity index (χ4v) is 3.28. The van der Waals surface area contributed by atoms with Crippen LogP contribution in [0.5, 0.6) is 5.75 Å². The molecule has 4 nitrogen and oxygen atoms in total. The van der Waals surface area contributed by atoms with Crippen LogP contribution >= 0.6 is 0 Å². The highest BCUT2D eigenvalue weighted by molar-refractivity contribution is 5.29.